The Morgan fingerprint density at radius 1 is 1.24 bits per heavy atom. The monoisotopic (exact) mass is 253 g/mol. The normalized spacial score (nSPS) is 23.3. The van der Waals surface area contributed by atoms with Crippen LogP contribution in [0.5, 0.6) is 0 Å². The highest BCUT2D eigenvalue weighted by Gasteiger charge is 2.23. The van der Waals surface area contributed by atoms with Gasteiger partial charge in [0, 0.05) is 30.5 Å². The molecule has 94 valence electrons. The van der Waals surface area contributed by atoms with Crippen LogP contribution >= 0.6 is 11.8 Å². The van der Waals surface area contributed by atoms with E-state index >= 15 is 0 Å². The minimum atomic E-state index is 0.535. The van der Waals surface area contributed by atoms with E-state index in [9.17, 15) is 0 Å². The first-order valence-electron chi connectivity index (χ1n) is 6.54. The summed E-state index contributed by atoms with van der Waals surface area (Å²) in [5.41, 5.74) is 0. The second-order valence-corrected chi connectivity index (χ2v) is 6.14. The van der Waals surface area contributed by atoms with Gasteiger partial charge in [0.2, 0.25) is 5.89 Å². The molecule has 1 saturated heterocycles. The number of nitrogens with zero attached hydrogens (tertiary/aromatic N) is 3. The third-order valence-corrected chi connectivity index (χ3v) is 4.60. The zero-order valence-electron chi connectivity index (χ0n) is 10.1. The summed E-state index contributed by atoms with van der Waals surface area (Å²) in [6, 6.07) is 0. The SMILES string of the molecule is C1CCC(c2nc(CN3CCSCC3)no2)C1. The van der Waals surface area contributed by atoms with E-state index in [4.69, 9.17) is 4.52 Å². The molecule has 2 heterocycles. The van der Waals surface area contributed by atoms with Crippen LogP contribution in [0.1, 0.15) is 43.3 Å². The standard InChI is InChI=1S/C12H19N3OS/c1-2-4-10(3-1)12-13-11(14-16-12)9-15-5-7-17-8-6-15/h10H,1-9H2. The molecule has 0 unspecified atom stereocenters. The second kappa shape index (κ2) is 5.40. The maximum atomic E-state index is 5.40. The summed E-state index contributed by atoms with van der Waals surface area (Å²) in [5, 5.41) is 4.12. The molecule has 1 saturated carbocycles. The van der Waals surface area contributed by atoms with E-state index in [-0.39, 0.29) is 0 Å². The Bertz CT molecular complexity index is 356. The molecule has 0 bridgehead atoms. The van der Waals surface area contributed by atoms with Crippen LogP contribution < -0.4 is 0 Å². The van der Waals surface area contributed by atoms with E-state index in [0.29, 0.717) is 5.92 Å². The summed E-state index contributed by atoms with van der Waals surface area (Å²) in [4.78, 5) is 6.98. The van der Waals surface area contributed by atoms with Crippen molar-refractivity contribution in [3.05, 3.63) is 11.7 Å². The van der Waals surface area contributed by atoms with E-state index in [0.717, 1.165) is 31.3 Å². The number of aromatic nitrogens is 2. The molecule has 2 fully saturated rings. The Morgan fingerprint density at radius 3 is 2.76 bits per heavy atom. The maximum Gasteiger partial charge on any atom is 0.229 e. The van der Waals surface area contributed by atoms with Crippen LogP contribution in [0.2, 0.25) is 0 Å². The zero-order chi connectivity index (χ0) is 11.5. The van der Waals surface area contributed by atoms with Gasteiger partial charge in [0.15, 0.2) is 5.82 Å². The average Bonchev–Trinajstić information content (AvgIpc) is 3.00. The number of rotatable bonds is 3. The van der Waals surface area contributed by atoms with Crippen molar-refractivity contribution in [1.82, 2.24) is 15.0 Å². The lowest BCUT2D eigenvalue weighted by molar-refractivity contribution is 0.278. The van der Waals surface area contributed by atoms with Gasteiger partial charge in [-0.3, -0.25) is 4.90 Å². The second-order valence-electron chi connectivity index (χ2n) is 4.92. The van der Waals surface area contributed by atoms with Crippen LogP contribution in [0.4, 0.5) is 0 Å². The van der Waals surface area contributed by atoms with Crippen LogP contribution in [0.15, 0.2) is 4.52 Å². The Labute approximate surface area is 106 Å². The number of hydrogen-bond acceptors (Lipinski definition) is 5. The largest absolute Gasteiger partial charge is 0.339 e. The van der Waals surface area contributed by atoms with Crippen LogP contribution in [0.3, 0.4) is 0 Å². The lowest BCUT2D eigenvalue weighted by Gasteiger charge is -2.24. The molecule has 1 aromatic heterocycles. The molecule has 5 heteroatoms. The number of thioether (sulfide) groups is 1. The molecular weight excluding hydrogens is 234 g/mol. The van der Waals surface area contributed by atoms with E-state index < -0.39 is 0 Å². The van der Waals surface area contributed by atoms with Crippen molar-refractivity contribution in [3.63, 3.8) is 0 Å². The molecule has 1 aliphatic heterocycles. The highest BCUT2D eigenvalue weighted by atomic mass is 32.2. The first-order valence-corrected chi connectivity index (χ1v) is 7.70. The Morgan fingerprint density at radius 2 is 2.00 bits per heavy atom. The van der Waals surface area contributed by atoms with E-state index in [1.54, 1.807) is 0 Å². The topological polar surface area (TPSA) is 42.2 Å². The van der Waals surface area contributed by atoms with Crippen molar-refractivity contribution in [3.8, 4) is 0 Å². The molecule has 0 aromatic carbocycles. The van der Waals surface area contributed by atoms with Crippen molar-refractivity contribution < 1.29 is 4.52 Å². The molecular formula is C12H19N3OS. The minimum absolute atomic E-state index is 0.535. The predicted molar refractivity (Wildman–Crippen MR) is 68.1 cm³/mol. The van der Waals surface area contributed by atoms with Crippen LogP contribution in [-0.2, 0) is 6.54 Å². The fraction of sp³-hybridized carbons (Fsp3) is 0.833. The quantitative estimate of drug-likeness (QED) is 0.826. The summed E-state index contributed by atoms with van der Waals surface area (Å²) in [6.07, 6.45) is 5.07. The van der Waals surface area contributed by atoms with Gasteiger partial charge in [0.1, 0.15) is 0 Å². The molecule has 0 radical (unpaired) electrons. The van der Waals surface area contributed by atoms with E-state index in [1.165, 1.54) is 37.2 Å². The fourth-order valence-electron chi connectivity index (χ4n) is 2.63. The first-order chi connectivity index (χ1) is 8.42. The summed E-state index contributed by atoms with van der Waals surface area (Å²) in [5.74, 6) is 4.75. The summed E-state index contributed by atoms with van der Waals surface area (Å²) < 4.78 is 5.40. The van der Waals surface area contributed by atoms with Crippen LogP contribution in [-0.4, -0.2) is 39.6 Å². The van der Waals surface area contributed by atoms with Crippen LogP contribution in [0, 0.1) is 0 Å². The first kappa shape index (κ1) is 11.5. The van der Waals surface area contributed by atoms with Gasteiger partial charge in [-0.15, -0.1) is 0 Å². The zero-order valence-corrected chi connectivity index (χ0v) is 10.9. The van der Waals surface area contributed by atoms with Gasteiger partial charge < -0.3 is 4.52 Å². The molecule has 0 atom stereocenters. The molecule has 1 aromatic rings. The number of hydrogen-bond donors (Lipinski definition) is 0. The van der Waals surface area contributed by atoms with Gasteiger partial charge >= 0.3 is 0 Å². The third-order valence-electron chi connectivity index (χ3n) is 3.66. The molecule has 0 amide bonds. The van der Waals surface area contributed by atoms with Crippen molar-refractivity contribution >= 4 is 11.8 Å². The Hall–Kier alpha value is -0.550. The van der Waals surface area contributed by atoms with Gasteiger partial charge in [-0.1, -0.05) is 18.0 Å². The van der Waals surface area contributed by atoms with Gasteiger partial charge in [-0.05, 0) is 12.8 Å². The van der Waals surface area contributed by atoms with Crippen molar-refractivity contribution in [1.29, 1.82) is 0 Å². The van der Waals surface area contributed by atoms with E-state index in [2.05, 4.69) is 15.0 Å². The van der Waals surface area contributed by atoms with Gasteiger partial charge in [-0.2, -0.15) is 16.7 Å². The highest BCUT2D eigenvalue weighted by Crippen LogP contribution is 2.32. The van der Waals surface area contributed by atoms with Gasteiger partial charge in [0.05, 0.1) is 6.54 Å². The minimum Gasteiger partial charge on any atom is -0.339 e. The van der Waals surface area contributed by atoms with E-state index in [1.807, 2.05) is 11.8 Å². The maximum absolute atomic E-state index is 5.40. The molecule has 0 spiro atoms. The molecule has 2 aliphatic rings. The summed E-state index contributed by atoms with van der Waals surface area (Å²) in [6.45, 7) is 3.16. The summed E-state index contributed by atoms with van der Waals surface area (Å²) >= 11 is 2.03. The van der Waals surface area contributed by atoms with Crippen molar-refractivity contribution in [2.45, 2.75) is 38.1 Å². The van der Waals surface area contributed by atoms with Crippen molar-refractivity contribution in [2.75, 3.05) is 24.6 Å². The molecule has 1 aliphatic carbocycles. The lowest BCUT2D eigenvalue weighted by Crippen LogP contribution is -2.32. The summed E-state index contributed by atoms with van der Waals surface area (Å²) in [7, 11) is 0. The smallest absolute Gasteiger partial charge is 0.229 e. The average molecular weight is 253 g/mol. The molecule has 3 rings (SSSR count). The Balaban J connectivity index is 1.59. The van der Waals surface area contributed by atoms with Gasteiger partial charge in [0.25, 0.3) is 0 Å². The Kier molecular flexibility index (Phi) is 3.66. The molecule has 17 heavy (non-hydrogen) atoms. The predicted octanol–water partition coefficient (Wildman–Crippen LogP) is 2.28. The highest BCUT2D eigenvalue weighted by molar-refractivity contribution is 7.99. The molecule has 0 N–H and O–H groups in total. The van der Waals surface area contributed by atoms with Crippen molar-refractivity contribution in [2.24, 2.45) is 0 Å². The molecule has 4 nitrogen and oxygen atoms in total. The fourth-order valence-corrected chi connectivity index (χ4v) is 3.61. The van der Waals surface area contributed by atoms with Gasteiger partial charge in [-0.25, -0.2) is 0 Å². The third kappa shape index (κ3) is 2.83. The lowest BCUT2D eigenvalue weighted by atomic mass is 10.1. The van der Waals surface area contributed by atoms with Crippen LogP contribution in [0.25, 0.3) is 0 Å².